The summed E-state index contributed by atoms with van der Waals surface area (Å²) in [5.41, 5.74) is 4.86. The lowest BCUT2D eigenvalue weighted by atomic mass is 9.91. The Bertz CT molecular complexity index is 1250. The number of hydrogen-bond acceptors (Lipinski definition) is 5. The van der Waals surface area contributed by atoms with Crippen molar-refractivity contribution in [2.75, 3.05) is 27.2 Å². The quantitative estimate of drug-likeness (QED) is 0.589. The highest BCUT2D eigenvalue weighted by Gasteiger charge is 2.45. The molecule has 33 heavy (non-hydrogen) atoms. The lowest BCUT2D eigenvalue weighted by molar-refractivity contribution is -0.0108. The second-order valence-electron chi connectivity index (χ2n) is 8.89. The largest absolute Gasteiger partial charge is 0.495 e. The van der Waals surface area contributed by atoms with Crippen molar-refractivity contribution < 1.29 is 9.13 Å². The molecule has 2 aromatic carbocycles. The zero-order chi connectivity index (χ0) is 23.2. The summed E-state index contributed by atoms with van der Waals surface area (Å²) in [6.45, 7) is 5.64. The summed E-state index contributed by atoms with van der Waals surface area (Å²) in [6, 6.07) is 13.0. The zero-order valence-corrected chi connectivity index (χ0v) is 19.4. The van der Waals surface area contributed by atoms with E-state index in [0.29, 0.717) is 6.54 Å². The van der Waals surface area contributed by atoms with Crippen LogP contribution in [0.3, 0.4) is 0 Å². The average molecular weight is 446 g/mol. The van der Waals surface area contributed by atoms with Crippen LogP contribution in [0.25, 0.3) is 11.8 Å². The molecule has 2 aliphatic heterocycles. The number of aliphatic imine (C=N–C) groups is 1. The van der Waals surface area contributed by atoms with Gasteiger partial charge in [-0.05, 0) is 67.3 Å². The van der Waals surface area contributed by atoms with Crippen LogP contribution >= 0.6 is 0 Å². The lowest BCUT2D eigenvalue weighted by Gasteiger charge is -2.46. The van der Waals surface area contributed by atoms with Gasteiger partial charge in [0.2, 0.25) is 0 Å². The second kappa shape index (κ2) is 8.15. The third kappa shape index (κ3) is 3.72. The maximum atomic E-state index is 13.5. The highest BCUT2D eigenvalue weighted by atomic mass is 19.1. The van der Waals surface area contributed by atoms with Gasteiger partial charge < -0.3 is 9.30 Å². The molecule has 2 aliphatic rings. The Balaban J connectivity index is 1.48. The highest BCUT2D eigenvalue weighted by molar-refractivity contribution is 6.04. The molecule has 3 aromatic rings. The SMILES string of the molecule is COc1cc(C=C2CCN(C)N3C2=NCC3(C)c2ccc(F)cc2)ccc1-n1cnc(C)c1. The predicted octanol–water partition coefficient (Wildman–Crippen LogP) is 4.59. The fourth-order valence-corrected chi connectivity index (χ4v) is 4.78. The number of aromatic nitrogens is 2. The first kappa shape index (κ1) is 21.4. The van der Waals surface area contributed by atoms with Crippen LogP contribution in [0.4, 0.5) is 4.39 Å². The second-order valence-corrected chi connectivity index (χ2v) is 8.89. The number of rotatable bonds is 4. The van der Waals surface area contributed by atoms with Crippen LogP contribution in [0.5, 0.6) is 5.75 Å². The molecule has 0 bridgehead atoms. The van der Waals surface area contributed by atoms with Gasteiger partial charge in [0, 0.05) is 19.8 Å². The van der Waals surface area contributed by atoms with Crippen molar-refractivity contribution in [2.45, 2.75) is 25.8 Å². The summed E-state index contributed by atoms with van der Waals surface area (Å²) in [5.74, 6) is 1.54. The summed E-state index contributed by atoms with van der Waals surface area (Å²) in [5, 5.41) is 4.48. The standard InChI is InChI=1S/C26H28FN5O/c1-18-15-31(17-29-18)23-10-5-19(14-24(23)33-4)13-20-11-12-30(3)32-25(20)28-16-26(32,2)21-6-8-22(27)9-7-21/h5-10,13-15,17H,11-12,16H2,1-4H3. The monoisotopic (exact) mass is 445 g/mol. The van der Waals surface area contributed by atoms with Crippen molar-refractivity contribution in [1.82, 2.24) is 19.6 Å². The van der Waals surface area contributed by atoms with Gasteiger partial charge in [-0.1, -0.05) is 18.2 Å². The number of nitrogens with zero attached hydrogens (tertiary/aromatic N) is 5. The molecular weight excluding hydrogens is 417 g/mol. The third-order valence-electron chi connectivity index (χ3n) is 6.54. The number of amidine groups is 1. The first-order valence-corrected chi connectivity index (χ1v) is 11.1. The molecule has 0 N–H and O–H groups in total. The van der Waals surface area contributed by atoms with E-state index in [9.17, 15) is 4.39 Å². The first-order chi connectivity index (χ1) is 15.9. The van der Waals surface area contributed by atoms with Crippen molar-refractivity contribution in [3.63, 3.8) is 0 Å². The summed E-state index contributed by atoms with van der Waals surface area (Å²) < 4.78 is 21.2. The predicted molar refractivity (Wildman–Crippen MR) is 128 cm³/mol. The molecule has 0 spiro atoms. The van der Waals surface area contributed by atoms with Gasteiger partial charge in [0.15, 0.2) is 0 Å². The normalized spacial score (nSPS) is 21.9. The third-order valence-corrected chi connectivity index (χ3v) is 6.54. The number of aryl methyl sites for hydroxylation is 1. The molecule has 7 heteroatoms. The van der Waals surface area contributed by atoms with Crippen molar-refractivity contribution in [1.29, 1.82) is 0 Å². The molecule has 0 saturated carbocycles. The number of methoxy groups -OCH3 is 1. The highest BCUT2D eigenvalue weighted by Crippen LogP contribution is 2.39. The molecule has 0 aliphatic carbocycles. The van der Waals surface area contributed by atoms with Gasteiger partial charge in [-0.3, -0.25) is 10.0 Å². The van der Waals surface area contributed by atoms with Crippen LogP contribution < -0.4 is 4.74 Å². The maximum Gasteiger partial charge on any atom is 0.143 e. The maximum absolute atomic E-state index is 13.5. The number of benzene rings is 2. The molecule has 1 saturated heterocycles. The lowest BCUT2D eigenvalue weighted by Crippen LogP contribution is -2.56. The Labute approximate surface area is 193 Å². The van der Waals surface area contributed by atoms with E-state index in [2.05, 4.69) is 53.2 Å². The molecule has 1 atom stereocenters. The molecule has 0 amide bonds. The zero-order valence-electron chi connectivity index (χ0n) is 19.4. The Morgan fingerprint density at radius 2 is 1.94 bits per heavy atom. The fraction of sp³-hybridized carbons (Fsp3) is 0.308. The van der Waals surface area contributed by atoms with Crippen molar-refractivity contribution >= 4 is 11.9 Å². The van der Waals surface area contributed by atoms with Crippen LogP contribution in [0.15, 0.2) is 65.6 Å². The van der Waals surface area contributed by atoms with Gasteiger partial charge in [-0.15, -0.1) is 0 Å². The van der Waals surface area contributed by atoms with E-state index < -0.39 is 0 Å². The number of halogens is 1. The minimum Gasteiger partial charge on any atom is -0.495 e. The van der Waals surface area contributed by atoms with Crippen LogP contribution in [-0.2, 0) is 5.54 Å². The summed E-state index contributed by atoms with van der Waals surface area (Å²) in [7, 11) is 3.77. The Kier molecular flexibility index (Phi) is 5.29. The van der Waals surface area contributed by atoms with E-state index in [1.54, 1.807) is 13.4 Å². The van der Waals surface area contributed by atoms with Crippen molar-refractivity contribution in [3.8, 4) is 11.4 Å². The molecule has 3 heterocycles. The topological polar surface area (TPSA) is 45.9 Å². The number of imidazole rings is 1. The molecule has 5 rings (SSSR count). The summed E-state index contributed by atoms with van der Waals surface area (Å²) in [4.78, 5) is 9.26. The van der Waals surface area contributed by atoms with Gasteiger partial charge in [-0.25, -0.2) is 14.4 Å². The smallest absolute Gasteiger partial charge is 0.143 e. The minimum absolute atomic E-state index is 0.225. The Morgan fingerprint density at radius 3 is 2.64 bits per heavy atom. The fourth-order valence-electron chi connectivity index (χ4n) is 4.78. The summed E-state index contributed by atoms with van der Waals surface area (Å²) >= 11 is 0. The minimum atomic E-state index is -0.349. The molecule has 1 unspecified atom stereocenters. The molecule has 1 fully saturated rings. The van der Waals surface area contributed by atoms with Crippen molar-refractivity contribution in [3.05, 3.63) is 83.2 Å². The van der Waals surface area contributed by atoms with Crippen LogP contribution in [0, 0.1) is 12.7 Å². The van der Waals surface area contributed by atoms with Gasteiger partial charge in [0.25, 0.3) is 0 Å². The number of hydrogen-bond donors (Lipinski definition) is 0. The number of fused-ring (bicyclic) bond motifs is 1. The van der Waals surface area contributed by atoms with E-state index in [1.165, 1.54) is 17.7 Å². The Hall–Kier alpha value is -3.45. The first-order valence-electron chi connectivity index (χ1n) is 11.1. The average Bonchev–Trinajstić information content (AvgIpc) is 3.40. The van der Waals surface area contributed by atoms with Gasteiger partial charge in [0.1, 0.15) is 17.4 Å². The van der Waals surface area contributed by atoms with Gasteiger partial charge >= 0.3 is 0 Å². The van der Waals surface area contributed by atoms with E-state index in [0.717, 1.165) is 47.1 Å². The molecule has 170 valence electrons. The van der Waals surface area contributed by atoms with Crippen molar-refractivity contribution in [2.24, 2.45) is 4.99 Å². The van der Waals surface area contributed by atoms with Crippen LogP contribution in [-0.4, -0.2) is 52.7 Å². The van der Waals surface area contributed by atoms with E-state index in [-0.39, 0.29) is 11.4 Å². The molecular formula is C26H28FN5O. The van der Waals surface area contributed by atoms with Gasteiger partial charge in [-0.2, -0.15) is 0 Å². The molecule has 1 aromatic heterocycles. The Morgan fingerprint density at radius 1 is 1.15 bits per heavy atom. The summed E-state index contributed by atoms with van der Waals surface area (Å²) in [6.07, 6.45) is 6.87. The number of hydrazine groups is 1. The van der Waals surface area contributed by atoms with Crippen LogP contribution in [0.1, 0.15) is 30.2 Å². The van der Waals surface area contributed by atoms with Gasteiger partial charge in [0.05, 0.1) is 36.9 Å². The molecule has 0 radical (unpaired) electrons. The van der Waals surface area contributed by atoms with E-state index in [1.807, 2.05) is 29.8 Å². The van der Waals surface area contributed by atoms with E-state index >= 15 is 0 Å². The van der Waals surface area contributed by atoms with E-state index in [4.69, 9.17) is 9.73 Å². The molecule has 6 nitrogen and oxygen atoms in total. The van der Waals surface area contributed by atoms with Crippen LogP contribution in [0.2, 0.25) is 0 Å². The number of ether oxygens (including phenoxy) is 1.